The lowest BCUT2D eigenvalue weighted by Gasteiger charge is -2.34. The number of amides is 1. The standard InChI is InChI=1S/C43H53N9O2/c1-27-11-9-10-22-51(27)39-49-48-36-19-18-30(25-52(36)39)54-33-20-21-41(32-13-8-7-12-31(32)33)26-42(41)37-43(42,47-37)38(53)46-35(23-34(44)40(2,3)4)45-29-16-14-28(15-17-29)24-50(5)6/h7-8,12-19,23,25,27,33,37,47H,9-11,20-22,24,26,44H2,1-6H3,(H,45,46,53). The Kier molecular flexibility index (Phi) is 8.03. The molecular weight excluding hydrogens is 675 g/mol. The van der Waals surface area contributed by atoms with E-state index >= 15 is 0 Å². The van der Waals surface area contributed by atoms with Gasteiger partial charge >= 0.3 is 0 Å². The molecule has 2 saturated heterocycles. The minimum Gasteiger partial charge on any atom is -0.484 e. The maximum Gasteiger partial charge on any atom is 0.248 e. The van der Waals surface area contributed by atoms with Crippen LogP contribution in [0.25, 0.3) is 5.65 Å². The minimum atomic E-state index is -0.601. The Balaban J connectivity index is 0.953. The molecule has 4 heterocycles. The van der Waals surface area contributed by atoms with E-state index in [1.54, 1.807) is 0 Å². The number of carbonyl (C=O) groups is 1. The van der Waals surface area contributed by atoms with E-state index in [1.165, 1.54) is 29.5 Å². The molecule has 2 aromatic carbocycles. The number of amidine groups is 1. The number of allylic oxidation sites excluding steroid dienone is 1. The molecule has 1 amide bonds. The fourth-order valence-electron chi connectivity index (χ4n) is 9.81. The Labute approximate surface area is 318 Å². The molecular formula is C43H53N9O2. The Hall–Kier alpha value is -4.74. The molecule has 11 nitrogen and oxygen atoms in total. The number of benzene rings is 2. The molecule has 4 fully saturated rings. The molecule has 282 valence electrons. The van der Waals surface area contributed by atoms with Crippen LogP contribution in [0.3, 0.4) is 0 Å². The predicted octanol–water partition coefficient (Wildman–Crippen LogP) is 6.17. The second-order valence-electron chi connectivity index (χ2n) is 17.7. The van der Waals surface area contributed by atoms with E-state index in [1.807, 2.05) is 30.3 Å². The molecule has 0 bridgehead atoms. The second-order valence-corrected chi connectivity index (χ2v) is 17.7. The highest BCUT2D eigenvalue weighted by atomic mass is 16.5. The first-order valence-corrected chi connectivity index (χ1v) is 19.6. The van der Waals surface area contributed by atoms with Crippen molar-refractivity contribution < 1.29 is 9.53 Å². The number of aliphatic imine (C=N–C) groups is 1. The largest absolute Gasteiger partial charge is 0.484 e. The summed E-state index contributed by atoms with van der Waals surface area (Å²) in [7, 11) is 4.11. The van der Waals surface area contributed by atoms with Gasteiger partial charge in [0.05, 0.1) is 11.9 Å². The van der Waals surface area contributed by atoms with Crippen molar-refractivity contribution in [3.8, 4) is 5.75 Å². The summed E-state index contributed by atoms with van der Waals surface area (Å²) >= 11 is 0. The van der Waals surface area contributed by atoms with Crippen LogP contribution in [0, 0.1) is 10.8 Å². The second kappa shape index (κ2) is 12.4. The number of hydrogen-bond donors (Lipinski definition) is 3. The van der Waals surface area contributed by atoms with Crippen molar-refractivity contribution in [1.29, 1.82) is 0 Å². The molecule has 54 heavy (non-hydrogen) atoms. The first kappa shape index (κ1) is 35.0. The van der Waals surface area contributed by atoms with Crippen molar-refractivity contribution in [2.75, 3.05) is 25.5 Å². The van der Waals surface area contributed by atoms with Crippen molar-refractivity contribution >= 4 is 29.0 Å². The predicted molar refractivity (Wildman–Crippen MR) is 212 cm³/mol. The summed E-state index contributed by atoms with van der Waals surface area (Å²) in [6, 6.07) is 21.5. The van der Waals surface area contributed by atoms with Gasteiger partial charge in [0, 0.05) is 53.2 Å². The third-order valence-electron chi connectivity index (χ3n) is 12.9. The lowest BCUT2D eigenvalue weighted by molar-refractivity contribution is -0.121. The molecule has 6 unspecified atom stereocenters. The number of fused-ring (bicyclic) bond motifs is 7. The van der Waals surface area contributed by atoms with Crippen molar-refractivity contribution in [3.05, 3.63) is 95.3 Å². The Morgan fingerprint density at radius 3 is 2.63 bits per heavy atom. The molecule has 5 aliphatic rings. The summed E-state index contributed by atoms with van der Waals surface area (Å²) in [5.74, 6) is 2.13. The smallest absolute Gasteiger partial charge is 0.248 e. The highest BCUT2D eigenvalue weighted by molar-refractivity contribution is 6.13. The zero-order valence-electron chi connectivity index (χ0n) is 32.4. The number of hydrogen-bond acceptors (Lipinski definition) is 9. The van der Waals surface area contributed by atoms with Crippen molar-refractivity contribution in [2.24, 2.45) is 21.6 Å². The monoisotopic (exact) mass is 727 g/mol. The molecule has 4 N–H and O–H groups in total. The lowest BCUT2D eigenvalue weighted by Crippen LogP contribution is -2.44. The van der Waals surface area contributed by atoms with E-state index in [0.29, 0.717) is 17.6 Å². The van der Waals surface area contributed by atoms with E-state index in [2.05, 4.69) is 119 Å². The molecule has 11 heteroatoms. The molecule has 4 aromatic rings. The average molecular weight is 728 g/mol. The summed E-state index contributed by atoms with van der Waals surface area (Å²) in [6.07, 6.45) is 10.2. The van der Waals surface area contributed by atoms with Crippen LogP contribution in [-0.4, -0.2) is 69.5 Å². The van der Waals surface area contributed by atoms with Crippen LogP contribution in [0.1, 0.15) is 89.0 Å². The third kappa shape index (κ3) is 5.45. The fraction of sp³-hybridized carbons (Fsp3) is 0.488. The van der Waals surface area contributed by atoms with Crippen molar-refractivity contribution in [1.82, 2.24) is 30.1 Å². The maximum atomic E-state index is 14.4. The van der Waals surface area contributed by atoms with Crippen molar-refractivity contribution in [2.45, 2.75) is 102 Å². The molecule has 9 rings (SSSR count). The topological polar surface area (TPSA) is 135 Å². The van der Waals surface area contributed by atoms with Crippen LogP contribution in [0.4, 0.5) is 11.6 Å². The average Bonchev–Trinajstić information content (AvgIpc) is 4.08. The number of nitrogens with two attached hydrogens (primary N) is 1. The van der Waals surface area contributed by atoms with Crippen LogP contribution < -0.4 is 26.0 Å². The van der Waals surface area contributed by atoms with Gasteiger partial charge in [-0.2, -0.15) is 0 Å². The van der Waals surface area contributed by atoms with Crippen LogP contribution >= 0.6 is 0 Å². The van der Waals surface area contributed by atoms with E-state index in [-0.39, 0.29) is 34.3 Å². The highest BCUT2D eigenvalue weighted by Crippen LogP contribution is 2.91. The first-order valence-electron chi connectivity index (χ1n) is 19.6. The maximum absolute atomic E-state index is 14.4. The molecule has 6 atom stereocenters. The first-order chi connectivity index (χ1) is 25.9. The Morgan fingerprint density at radius 1 is 1.09 bits per heavy atom. The van der Waals surface area contributed by atoms with E-state index in [0.717, 1.165) is 61.8 Å². The third-order valence-corrected chi connectivity index (χ3v) is 12.9. The van der Waals surface area contributed by atoms with Gasteiger partial charge in [0.2, 0.25) is 11.9 Å². The number of pyridine rings is 1. The fourth-order valence-corrected chi connectivity index (χ4v) is 9.81. The van der Waals surface area contributed by atoms with Crippen LogP contribution in [0.2, 0.25) is 0 Å². The lowest BCUT2D eigenvalue weighted by atomic mass is 9.75. The molecule has 3 aliphatic carbocycles. The van der Waals surface area contributed by atoms with Gasteiger partial charge in [0.25, 0.3) is 0 Å². The van der Waals surface area contributed by atoms with Gasteiger partial charge in [0.15, 0.2) is 5.65 Å². The summed E-state index contributed by atoms with van der Waals surface area (Å²) in [5, 5.41) is 15.8. The number of nitrogens with zero attached hydrogens (tertiary/aromatic N) is 6. The number of rotatable bonds is 8. The quantitative estimate of drug-likeness (QED) is 0.112. The number of anilines is 1. The number of aromatic nitrogens is 3. The number of piperidine rings is 1. The Bertz CT molecular complexity index is 2180. The van der Waals surface area contributed by atoms with Gasteiger partial charge < -0.3 is 25.6 Å². The zero-order chi connectivity index (χ0) is 37.6. The molecule has 2 aromatic heterocycles. The van der Waals surface area contributed by atoms with Crippen LogP contribution in [0.15, 0.2) is 83.6 Å². The van der Waals surface area contributed by atoms with Gasteiger partial charge in [-0.25, -0.2) is 4.99 Å². The molecule has 2 spiro atoms. The minimum absolute atomic E-state index is 0.0257. The van der Waals surface area contributed by atoms with E-state index < -0.39 is 5.54 Å². The SMILES string of the molecule is CC1CCCCN1c1nnc2ccc(OC3CCC4(CC45C4NC45C(=O)NC(C=C(N)C(C)(C)C)=Nc4ccc(CN(C)C)cc4)c4ccccc43)cn12. The van der Waals surface area contributed by atoms with Gasteiger partial charge in [-0.1, -0.05) is 57.2 Å². The molecule has 2 saturated carbocycles. The van der Waals surface area contributed by atoms with Gasteiger partial charge in [-0.3, -0.25) is 14.5 Å². The van der Waals surface area contributed by atoms with Gasteiger partial charge in [0.1, 0.15) is 23.2 Å². The Morgan fingerprint density at radius 2 is 1.89 bits per heavy atom. The summed E-state index contributed by atoms with van der Waals surface area (Å²) < 4.78 is 8.90. The molecule has 2 aliphatic heterocycles. The van der Waals surface area contributed by atoms with Gasteiger partial charge in [-0.05, 0) is 100 Å². The summed E-state index contributed by atoms with van der Waals surface area (Å²) in [4.78, 5) is 23.8. The van der Waals surface area contributed by atoms with E-state index in [9.17, 15) is 4.79 Å². The van der Waals surface area contributed by atoms with Crippen LogP contribution in [-0.2, 0) is 16.8 Å². The normalized spacial score (nSPS) is 30.1. The summed E-state index contributed by atoms with van der Waals surface area (Å²) in [6.45, 7) is 10.3. The van der Waals surface area contributed by atoms with E-state index in [4.69, 9.17) is 15.5 Å². The highest BCUT2D eigenvalue weighted by Gasteiger charge is 3.05. The molecule has 0 radical (unpaired) electrons. The number of carbonyl (C=O) groups excluding carboxylic acids is 1. The van der Waals surface area contributed by atoms with Gasteiger partial charge in [-0.15, -0.1) is 10.2 Å². The van der Waals surface area contributed by atoms with Crippen LogP contribution in [0.5, 0.6) is 5.75 Å². The number of ether oxygens (including phenoxy) is 1. The number of nitrogens with one attached hydrogen (secondary N) is 2. The zero-order valence-corrected chi connectivity index (χ0v) is 32.4. The van der Waals surface area contributed by atoms with Crippen molar-refractivity contribution in [3.63, 3.8) is 0 Å². The summed E-state index contributed by atoms with van der Waals surface area (Å²) in [5.41, 5.74) is 11.5.